The number of aryl methyl sites for hydroxylation is 1. The molecule has 2 aliphatic rings. The SMILES string of the molecule is Cc1cccc(Cl)c1N1Cc2cnc(Cl)nc2N(C2CN(C(=O)OC(C)(C)C)C2)C1=O. The van der Waals surface area contributed by atoms with Gasteiger partial charge in [0.1, 0.15) is 11.4 Å². The molecule has 164 valence electrons. The topological polar surface area (TPSA) is 78.9 Å². The Kier molecular flexibility index (Phi) is 5.47. The van der Waals surface area contributed by atoms with Crippen LogP contribution in [0.2, 0.25) is 10.3 Å². The molecule has 10 heteroatoms. The monoisotopic (exact) mass is 463 g/mol. The maximum Gasteiger partial charge on any atom is 0.410 e. The average molecular weight is 464 g/mol. The van der Waals surface area contributed by atoms with Crippen molar-refractivity contribution in [1.29, 1.82) is 0 Å². The highest BCUT2D eigenvalue weighted by atomic mass is 35.5. The van der Waals surface area contributed by atoms with Crippen molar-refractivity contribution in [3.63, 3.8) is 0 Å². The van der Waals surface area contributed by atoms with Gasteiger partial charge in [0.2, 0.25) is 5.28 Å². The molecule has 1 aromatic carbocycles. The van der Waals surface area contributed by atoms with Crippen molar-refractivity contribution in [1.82, 2.24) is 14.9 Å². The average Bonchev–Trinajstić information content (AvgIpc) is 2.61. The molecule has 1 saturated heterocycles. The van der Waals surface area contributed by atoms with E-state index < -0.39 is 11.7 Å². The van der Waals surface area contributed by atoms with Crippen LogP contribution in [0.3, 0.4) is 0 Å². The number of amides is 3. The first-order chi connectivity index (χ1) is 14.5. The molecule has 0 radical (unpaired) electrons. The first-order valence-corrected chi connectivity index (χ1v) is 10.7. The predicted octanol–water partition coefficient (Wildman–Crippen LogP) is 4.66. The Morgan fingerprint density at radius 1 is 1.23 bits per heavy atom. The number of likely N-dealkylation sites (tertiary alicyclic amines) is 1. The van der Waals surface area contributed by atoms with Crippen LogP contribution in [0.1, 0.15) is 31.9 Å². The summed E-state index contributed by atoms with van der Waals surface area (Å²) in [4.78, 5) is 39.1. The summed E-state index contributed by atoms with van der Waals surface area (Å²) in [6, 6.07) is 4.96. The molecule has 3 heterocycles. The third-order valence-electron chi connectivity index (χ3n) is 5.14. The Labute approximate surface area is 190 Å². The third-order valence-corrected chi connectivity index (χ3v) is 5.63. The van der Waals surface area contributed by atoms with Crippen LogP contribution in [-0.4, -0.2) is 51.7 Å². The zero-order valence-electron chi connectivity index (χ0n) is 17.7. The standard InChI is InChI=1S/C21H23Cl2N5O3/c1-12-6-5-7-15(22)16(12)27-9-13-8-24-18(23)25-17(13)28(19(27)29)14-10-26(11-14)20(30)31-21(2,3)4/h5-8,14H,9-11H2,1-4H3. The lowest BCUT2D eigenvalue weighted by Crippen LogP contribution is -2.66. The molecule has 0 aliphatic carbocycles. The van der Waals surface area contributed by atoms with Gasteiger partial charge in [-0.1, -0.05) is 23.7 Å². The maximum atomic E-state index is 13.6. The number of fused-ring (bicyclic) bond motifs is 1. The number of anilines is 2. The second-order valence-corrected chi connectivity index (χ2v) is 9.42. The van der Waals surface area contributed by atoms with E-state index in [0.717, 1.165) is 11.1 Å². The lowest BCUT2D eigenvalue weighted by molar-refractivity contribution is 0.00857. The Hall–Kier alpha value is -2.58. The van der Waals surface area contributed by atoms with Gasteiger partial charge in [-0.25, -0.2) is 14.6 Å². The van der Waals surface area contributed by atoms with Crippen molar-refractivity contribution >= 4 is 46.8 Å². The molecule has 8 nitrogen and oxygen atoms in total. The molecule has 3 amide bonds. The summed E-state index contributed by atoms with van der Waals surface area (Å²) in [5.74, 6) is 0.458. The number of para-hydroxylation sites is 1. The van der Waals surface area contributed by atoms with Crippen molar-refractivity contribution in [2.75, 3.05) is 22.9 Å². The van der Waals surface area contributed by atoms with Gasteiger partial charge in [-0.3, -0.25) is 9.80 Å². The van der Waals surface area contributed by atoms with Gasteiger partial charge >= 0.3 is 12.1 Å². The summed E-state index contributed by atoms with van der Waals surface area (Å²) in [5, 5.41) is 0.540. The van der Waals surface area contributed by atoms with E-state index in [4.69, 9.17) is 27.9 Å². The summed E-state index contributed by atoms with van der Waals surface area (Å²) in [7, 11) is 0. The number of benzene rings is 1. The van der Waals surface area contributed by atoms with Gasteiger partial charge in [-0.2, -0.15) is 4.98 Å². The minimum Gasteiger partial charge on any atom is -0.444 e. The summed E-state index contributed by atoms with van der Waals surface area (Å²) >= 11 is 12.5. The molecule has 2 aromatic rings. The number of carbonyl (C=O) groups excluding carboxylic acids is 2. The number of urea groups is 1. The largest absolute Gasteiger partial charge is 0.444 e. The van der Waals surface area contributed by atoms with E-state index in [9.17, 15) is 9.59 Å². The molecule has 0 N–H and O–H groups in total. The zero-order chi connectivity index (χ0) is 22.5. The highest BCUT2D eigenvalue weighted by molar-refractivity contribution is 6.34. The first kappa shape index (κ1) is 21.6. The van der Waals surface area contributed by atoms with E-state index in [0.29, 0.717) is 29.6 Å². The number of carbonyl (C=O) groups is 2. The molecular formula is C21H23Cl2N5O3. The number of aromatic nitrogens is 2. The lowest BCUT2D eigenvalue weighted by atomic mass is 10.0. The van der Waals surface area contributed by atoms with Crippen LogP contribution in [0.25, 0.3) is 0 Å². The molecule has 0 spiro atoms. The normalized spacial score (nSPS) is 16.8. The highest BCUT2D eigenvalue weighted by Crippen LogP contribution is 2.38. The Bertz CT molecular complexity index is 1030. The van der Waals surface area contributed by atoms with Crippen LogP contribution < -0.4 is 9.80 Å². The molecule has 1 fully saturated rings. The van der Waals surface area contributed by atoms with Gasteiger partial charge in [0.05, 0.1) is 23.3 Å². The maximum absolute atomic E-state index is 13.6. The van der Waals surface area contributed by atoms with E-state index in [1.165, 1.54) is 0 Å². The van der Waals surface area contributed by atoms with E-state index in [1.807, 2.05) is 39.8 Å². The molecule has 2 aliphatic heterocycles. The number of hydrogen-bond acceptors (Lipinski definition) is 5. The molecule has 0 unspecified atom stereocenters. The molecule has 1 aromatic heterocycles. The number of hydrogen-bond donors (Lipinski definition) is 0. The second kappa shape index (κ2) is 7.84. The summed E-state index contributed by atoms with van der Waals surface area (Å²) in [5.41, 5.74) is 1.68. The quantitative estimate of drug-likeness (QED) is 0.605. The minimum atomic E-state index is -0.588. The van der Waals surface area contributed by atoms with Gasteiger partial charge in [-0.15, -0.1) is 0 Å². The Balaban J connectivity index is 1.65. The van der Waals surface area contributed by atoms with Crippen molar-refractivity contribution in [3.8, 4) is 0 Å². The number of nitrogens with zero attached hydrogens (tertiary/aromatic N) is 5. The summed E-state index contributed by atoms with van der Waals surface area (Å²) in [6.07, 6.45) is 1.21. The van der Waals surface area contributed by atoms with Crippen LogP contribution in [0.5, 0.6) is 0 Å². The lowest BCUT2D eigenvalue weighted by Gasteiger charge is -2.48. The van der Waals surface area contributed by atoms with Crippen molar-refractivity contribution in [2.24, 2.45) is 0 Å². The minimum absolute atomic E-state index is 0.0576. The number of rotatable bonds is 2. The van der Waals surface area contributed by atoms with Crippen LogP contribution in [0.15, 0.2) is 24.4 Å². The molecule has 0 bridgehead atoms. The number of ether oxygens (including phenoxy) is 1. The van der Waals surface area contributed by atoms with Crippen LogP contribution in [0.4, 0.5) is 21.1 Å². The molecule has 0 atom stereocenters. The van der Waals surface area contributed by atoms with E-state index in [2.05, 4.69) is 9.97 Å². The third kappa shape index (κ3) is 4.14. The van der Waals surface area contributed by atoms with Crippen molar-refractivity contribution in [2.45, 2.75) is 45.9 Å². The van der Waals surface area contributed by atoms with Crippen LogP contribution >= 0.6 is 23.2 Å². The smallest absolute Gasteiger partial charge is 0.410 e. The fourth-order valence-corrected chi connectivity index (χ4v) is 4.17. The molecular weight excluding hydrogens is 441 g/mol. The summed E-state index contributed by atoms with van der Waals surface area (Å²) < 4.78 is 5.42. The number of halogens is 2. The fraction of sp³-hybridized carbons (Fsp3) is 0.429. The predicted molar refractivity (Wildman–Crippen MR) is 119 cm³/mol. The van der Waals surface area contributed by atoms with Gasteiger partial charge in [0, 0.05) is 24.8 Å². The fourth-order valence-electron chi connectivity index (χ4n) is 3.72. The Morgan fingerprint density at radius 2 is 1.94 bits per heavy atom. The van der Waals surface area contributed by atoms with Crippen LogP contribution in [0, 0.1) is 6.92 Å². The molecule has 31 heavy (non-hydrogen) atoms. The molecule has 0 saturated carbocycles. The van der Waals surface area contributed by atoms with Gasteiger partial charge in [0.15, 0.2) is 0 Å². The van der Waals surface area contributed by atoms with E-state index in [-0.39, 0.29) is 23.9 Å². The van der Waals surface area contributed by atoms with Gasteiger partial charge < -0.3 is 9.64 Å². The Morgan fingerprint density at radius 3 is 2.58 bits per heavy atom. The zero-order valence-corrected chi connectivity index (χ0v) is 19.2. The summed E-state index contributed by atoms with van der Waals surface area (Å²) in [6.45, 7) is 8.28. The van der Waals surface area contributed by atoms with Crippen molar-refractivity contribution < 1.29 is 14.3 Å². The van der Waals surface area contributed by atoms with Gasteiger partial charge in [0.25, 0.3) is 0 Å². The molecule has 4 rings (SSSR count). The van der Waals surface area contributed by atoms with Crippen LogP contribution in [-0.2, 0) is 11.3 Å². The van der Waals surface area contributed by atoms with E-state index in [1.54, 1.807) is 27.0 Å². The first-order valence-electron chi connectivity index (χ1n) is 9.90. The second-order valence-electron chi connectivity index (χ2n) is 8.67. The van der Waals surface area contributed by atoms with Crippen molar-refractivity contribution in [3.05, 3.63) is 45.8 Å². The van der Waals surface area contributed by atoms with E-state index >= 15 is 0 Å². The highest BCUT2D eigenvalue weighted by Gasteiger charge is 2.45. The van der Waals surface area contributed by atoms with Gasteiger partial charge in [-0.05, 0) is 50.9 Å².